The van der Waals surface area contributed by atoms with Crippen LogP contribution in [0.1, 0.15) is 13.8 Å². The fourth-order valence-electron chi connectivity index (χ4n) is 0.731. The number of amides is 1. The summed E-state index contributed by atoms with van der Waals surface area (Å²) in [7, 11) is 0. The van der Waals surface area contributed by atoms with Crippen LogP contribution in [0, 0.1) is 0 Å². The topological polar surface area (TPSA) is 92.7 Å². The standard InChI is InChI=1S/C8H13NO5S/c1-4(7(11)12)14-8(13)6(3-15)9-5(2)10/h4,6,15H,3H2,1-2H3,(H,9,10)(H,11,12). The molecule has 0 aliphatic heterocycles. The second kappa shape index (κ2) is 6.28. The van der Waals surface area contributed by atoms with Gasteiger partial charge in [-0.2, -0.15) is 12.6 Å². The van der Waals surface area contributed by atoms with Crippen molar-refractivity contribution in [2.45, 2.75) is 26.0 Å². The van der Waals surface area contributed by atoms with Gasteiger partial charge in [-0.25, -0.2) is 9.59 Å². The highest BCUT2D eigenvalue weighted by Crippen LogP contribution is 1.98. The van der Waals surface area contributed by atoms with Gasteiger partial charge in [0.2, 0.25) is 5.91 Å². The predicted molar refractivity (Wildman–Crippen MR) is 54.6 cm³/mol. The maximum atomic E-state index is 11.3. The Labute approximate surface area is 92.4 Å². The monoisotopic (exact) mass is 235 g/mol. The van der Waals surface area contributed by atoms with Gasteiger partial charge in [-0.1, -0.05) is 0 Å². The third kappa shape index (κ3) is 5.26. The molecule has 0 aromatic heterocycles. The molecule has 2 N–H and O–H groups in total. The zero-order valence-electron chi connectivity index (χ0n) is 8.39. The molecule has 0 heterocycles. The number of hydrogen-bond acceptors (Lipinski definition) is 5. The Morgan fingerprint density at radius 2 is 2.00 bits per heavy atom. The molecule has 0 bridgehead atoms. The molecular formula is C8H13NO5S. The highest BCUT2D eigenvalue weighted by molar-refractivity contribution is 7.80. The Morgan fingerprint density at radius 1 is 1.47 bits per heavy atom. The Morgan fingerprint density at radius 3 is 2.33 bits per heavy atom. The fourth-order valence-corrected chi connectivity index (χ4v) is 0.972. The van der Waals surface area contributed by atoms with Gasteiger partial charge in [0.1, 0.15) is 6.04 Å². The lowest BCUT2D eigenvalue weighted by Crippen LogP contribution is -2.44. The summed E-state index contributed by atoms with van der Waals surface area (Å²) in [6, 6.07) is -0.923. The summed E-state index contributed by atoms with van der Waals surface area (Å²) in [6.07, 6.45) is -1.24. The van der Waals surface area contributed by atoms with E-state index in [1.165, 1.54) is 13.8 Å². The number of carboxylic acids is 1. The van der Waals surface area contributed by atoms with Gasteiger partial charge in [-0.15, -0.1) is 0 Å². The molecule has 0 aliphatic rings. The highest BCUT2D eigenvalue weighted by Gasteiger charge is 2.24. The average molecular weight is 235 g/mol. The second-order valence-electron chi connectivity index (χ2n) is 2.85. The second-order valence-corrected chi connectivity index (χ2v) is 3.22. The molecule has 15 heavy (non-hydrogen) atoms. The predicted octanol–water partition coefficient (Wildman–Crippen LogP) is -0.563. The maximum Gasteiger partial charge on any atom is 0.344 e. The minimum atomic E-state index is -1.25. The van der Waals surface area contributed by atoms with Crippen molar-refractivity contribution in [1.29, 1.82) is 0 Å². The summed E-state index contributed by atoms with van der Waals surface area (Å²) < 4.78 is 4.56. The highest BCUT2D eigenvalue weighted by atomic mass is 32.1. The lowest BCUT2D eigenvalue weighted by molar-refractivity contribution is -0.164. The van der Waals surface area contributed by atoms with E-state index >= 15 is 0 Å². The molecular weight excluding hydrogens is 222 g/mol. The molecule has 0 saturated heterocycles. The molecule has 1 amide bonds. The first kappa shape index (κ1) is 13.8. The Balaban J connectivity index is 4.27. The number of nitrogens with one attached hydrogen (secondary N) is 1. The zero-order valence-corrected chi connectivity index (χ0v) is 9.28. The van der Waals surface area contributed by atoms with Crippen LogP contribution in [-0.2, 0) is 19.1 Å². The third-order valence-corrected chi connectivity index (χ3v) is 1.85. The number of hydrogen-bond donors (Lipinski definition) is 3. The molecule has 86 valence electrons. The van der Waals surface area contributed by atoms with E-state index in [2.05, 4.69) is 22.7 Å². The zero-order chi connectivity index (χ0) is 12.0. The number of aliphatic carboxylic acids is 1. The van der Waals surface area contributed by atoms with Crippen LogP contribution in [0.5, 0.6) is 0 Å². The van der Waals surface area contributed by atoms with Crippen LogP contribution in [0.2, 0.25) is 0 Å². The number of carbonyl (C=O) groups excluding carboxylic acids is 2. The molecule has 0 aliphatic carbocycles. The van der Waals surface area contributed by atoms with Crippen LogP contribution >= 0.6 is 12.6 Å². The molecule has 0 saturated carbocycles. The molecule has 2 unspecified atom stereocenters. The molecule has 0 rings (SSSR count). The Hall–Kier alpha value is -1.24. The van der Waals surface area contributed by atoms with E-state index in [9.17, 15) is 14.4 Å². The van der Waals surface area contributed by atoms with Gasteiger partial charge in [0.25, 0.3) is 0 Å². The molecule has 2 atom stereocenters. The van der Waals surface area contributed by atoms with Crippen LogP contribution < -0.4 is 5.32 Å². The fraction of sp³-hybridized carbons (Fsp3) is 0.625. The van der Waals surface area contributed by atoms with E-state index in [4.69, 9.17) is 5.11 Å². The molecule has 0 radical (unpaired) electrons. The molecule has 0 aromatic rings. The van der Waals surface area contributed by atoms with Crippen molar-refractivity contribution in [3.63, 3.8) is 0 Å². The van der Waals surface area contributed by atoms with Gasteiger partial charge in [0, 0.05) is 12.7 Å². The summed E-state index contributed by atoms with van der Waals surface area (Å²) in [5.74, 6) is -2.42. The van der Waals surface area contributed by atoms with Gasteiger partial charge in [0.15, 0.2) is 6.10 Å². The molecule has 0 aromatic carbocycles. The molecule has 7 heteroatoms. The molecule has 6 nitrogen and oxygen atoms in total. The first-order valence-electron chi connectivity index (χ1n) is 4.19. The Bertz CT molecular complexity index is 268. The van der Waals surface area contributed by atoms with Crippen LogP contribution in [0.15, 0.2) is 0 Å². The van der Waals surface area contributed by atoms with Crippen LogP contribution in [-0.4, -0.2) is 40.9 Å². The summed E-state index contributed by atoms with van der Waals surface area (Å²) in [5, 5.41) is 10.8. The maximum absolute atomic E-state index is 11.3. The Kier molecular flexibility index (Phi) is 5.76. The van der Waals surface area contributed by atoms with Crippen molar-refractivity contribution in [2.24, 2.45) is 0 Å². The number of esters is 1. The first-order valence-corrected chi connectivity index (χ1v) is 4.83. The van der Waals surface area contributed by atoms with Crippen LogP contribution in [0.3, 0.4) is 0 Å². The number of ether oxygens (including phenoxy) is 1. The largest absolute Gasteiger partial charge is 0.479 e. The number of carboxylic acid groups (broad SMARTS) is 1. The van der Waals surface area contributed by atoms with Crippen molar-refractivity contribution >= 4 is 30.5 Å². The summed E-state index contributed by atoms with van der Waals surface area (Å²) in [5.41, 5.74) is 0. The van der Waals surface area contributed by atoms with E-state index in [0.29, 0.717) is 0 Å². The minimum absolute atomic E-state index is 0.0464. The molecule has 0 spiro atoms. The average Bonchev–Trinajstić information content (AvgIpc) is 2.13. The van der Waals surface area contributed by atoms with Crippen molar-refractivity contribution in [3.05, 3.63) is 0 Å². The SMILES string of the molecule is CC(=O)NC(CS)C(=O)OC(C)C(=O)O. The van der Waals surface area contributed by atoms with Gasteiger partial charge in [-0.05, 0) is 6.92 Å². The number of carbonyl (C=O) groups is 3. The van der Waals surface area contributed by atoms with E-state index < -0.39 is 30.0 Å². The van der Waals surface area contributed by atoms with E-state index in [0.717, 1.165) is 0 Å². The van der Waals surface area contributed by atoms with Crippen molar-refractivity contribution in [2.75, 3.05) is 5.75 Å². The van der Waals surface area contributed by atoms with Gasteiger partial charge in [0.05, 0.1) is 0 Å². The van der Waals surface area contributed by atoms with Gasteiger partial charge >= 0.3 is 11.9 Å². The lowest BCUT2D eigenvalue weighted by atomic mass is 10.3. The van der Waals surface area contributed by atoms with Gasteiger partial charge < -0.3 is 15.2 Å². The minimum Gasteiger partial charge on any atom is -0.479 e. The van der Waals surface area contributed by atoms with Crippen LogP contribution in [0.25, 0.3) is 0 Å². The first-order chi connectivity index (χ1) is 6.88. The summed E-state index contributed by atoms with van der Waals surface area (Å²) >= 11 is 3.84. The van der Waals surface area contributed by atoms with E-state index in [-0.39, 0.29) is 5.75 Å². The normalized spacial score (nSPS) is 13.8. The number of rotatable bonds is 5. The van der Waals surface area contributed by atoms with E-state index in [1.54, 1.807) is 0 Å². The number of thiol groups is 1. The van der Waals surface area contributed by atoms with Crippen LogP contribution in [0.4, 0.5) is 0 Å². The van der Waals surface area contributed by atoms with Crippen molar-refractivity contribution in [3.8, 4) is 0 Å². The van der Waals surface area contributed by atoms with Crippen molar-refractivity contribution < 1.29 is 24.2 Å². The molecule has 0 fully saturated rings. The summed E-state index contributed by atoms with van der Waals surface area (Å²) in [6.45, 7) is 2.47. The van der Waals surface area contributed by atoms with E-state index in [1.807, 2.05) is 0 Å². The third-order valence-electron chi connectivity index (χ3n) is 1.49. The lowest BCUT2D eigenvalue weighted by Gasteiger charge is -2.16. The quantitative estimate of drug-likeness (QED) is 0.438. The van der Waals surface area contributed by atoms with Gasteiger partial charge in [-0.3, -0.25) is 4.79 Å². The van der Waals surface area contributed by atoms with Crippen molar-refractivity contribution in [1.82, 2.24) is 5.32 Å². The smallest absolute Gasteiger partial charge is 0.344 e. The summed E-state index contributed by atoms with van der Waals surface area (Å²) in [4.78, 5) is 32.3.